The highest BCUT2D eigenvalue weighted by Gasteiger charge is 2.31. The van der Waals surface area contributed by atoms with Gasteiger partial charge in [-0.3, -0.25) is 4.79 Å². The van der Waals surface area contributed by atoms with E-state index in [4.69, 9.17) is 4.74 Å². The van der Waals surface area contributed by atoms with E-state index in [1.54, 1.807) is 20.8 Å². The van der Waals surface area contributed by atoms with Crippen LogP contribution in [0.2, 0.25) is 0 Å². The van der Waals surface area contributed by atoms with E-state index in [0.717, 1.165) is 0 Å². The first-order valence-corrected chi connectivity index (χ1v) is 7.75. The van der Waals surface area contributed by atoms with Gasteiger partial charge < -0.3 is 4.74 Å². The number of esters is 1. The van der Waals surface area contributed by atoms with Crippen LogP contribution in [0.25, 0.3) is 0 Å². The minimum atomic E-state index is -3.41. The van der Waals surface area contributed by atoms with Crippen molar-refractivity contribution in [2.75, 3.05) is 19.7 Å². The molecule has 18 heavy (non-hydrogen) atoms. The molecule has 0 unspecified atom stereocenters. The highest BCUT2D eigenvalue weighted by molar-refractivity contribution is 7.87. The van der Waals surface area contributed by atoms with Crippen molar-refractivity contribution in [3.8, 4) is 0 Å². The van der Waals surface area contributed by atoms with E-state index in [1.807, 2.05) is 0 Å². The molecular weight excluding hydrogens is 256 g/mol. The van der Waals surface area contributed by atoms with E-state index in [2.05, 4.69) is 4.72 Å². The summed E-state index contributed by atoms with van der Waals surface area (Å²) in [7, 11) is -3.41. The smallest absolute Gasteiger partial charge is 0.309 e. The molecule has 1 saturated heterocycles. The lowest BCUT2D eigenvalue weighted by Crippen LogP contribution is -2.47. The average Bonchev–Trinajstić information content (AvgIpc) is 2.28. The van der Waals surface area contributed by atoms with Crippen LogP contribution in [-0.4, -0.2) is 44.4 Å². The third-order valence-electron chi connectivity index (χ3n) is 2.80. The van der Waals surface area contributed by atoms with Crippen molar-refractivity contribution in [2.24, 2.45) is 5.92 Å². The van der Waals surface area contributed by atoms with Crippen LogP contribution in [0.1, 0.15) is 33.6 Å². The predicted octanol–water partition coefficient (Wildman–Crippen LogP) is 0.504. The Morgan fingerprint density at radius 3 is 2.39 bits per heavy atom. The number of hydrogen-bond acceptors (Lipinski definition) is 4. The standard InChI is InChI=1S/C11H22N2O4S/c1-4-17-11(14)10-5-7-13(8-6-10)18(15,16)12-9(2)3/h9-10,12H,4-8H2,1-3H3. The van der Waals surface area contributed by atoms with Crippen LogP contribution < -0.4 is 4.72 Å². The highest BCUT2D eigenvalue weighted by Crippen LogP contribution is 2.20. The normalized spacial score (nSPS) is 19.1. The van der Waals surface area contributed by atoms with E-state index in [1.165, 1.54) is 4.31 Å². The van der Waals surface area contributed by atoms with E-state index in [0.29, 0.717) is 32.5 Å². The molecule has 0 bridgehead atoms. The zero-order valence-corrected chi connectivity index (χ0v) is 12.0. The minimum Gasteiger partial charge on any atom is -0.466 e. The molecule has 106 valence electrons. The molecule has 0 radical (unpaired) electrons. The first-order chi connectivity index (χ1) is 8.36. The Bertz CT molecular complexity index is 373. The molecule has 0 saturated carbocycles. The van der Waals surface area contributed by atoms with Gasteiger partial charge in [0, 0.05) is 19.1 Å². The SMILES string of the molecule is CCOC(=O)C1CCN(S(=O)(=O)NC(C)C)CC1. The molecule has 0 amide bonds. The fourth-order valence-corrected chi connectivity index (χ4v) is 3.40. The first-order valence-electron chi connectivity index (χ1n) is 6.31. The van der Waals surface area contributed by atoms with Gasteiger partial charge in [0.25, 0.3) is 10.2 Å². The average molecular weight is 278 g/mol. The van der Waals surface area contributed by atoms with Gasteiger partial charge in [0.2, 0.25) is 0 Å². The fourth-order valence-electron chi connectivity index (χ4n) is 1.96. The van der Waals surface area contributed by atoms with Crippen molar-refractivity contribution >= 4 is 16.2 Å². The quantitative estimate of drug-likeness (QED) is 0.743. The Morgan fingerprint density at radius 1 is 1.39 bits per heavy atom. The van der Waals surface area contributed by atoms with Crippen molar-refractivity contribution < 1.29 is 17.9 Å². The van der Waals surface area contributed by atoms with Gasteiger partial charge in [-0.25, -0.2) is 0 Å². The molecule has 1 fully saturated rings. The molecule has 1 rings (SSSR count). The summed E-state index contributed by atoms with van der Waals surface area (Å²) in [4.78, 5) is 11.5. The van der Waals surface area contributed by atoms with Gasteiger partial charge >= 0.3 is 5.97 Å². The molecule has 1 aliphatic rings. The molecule has 0 aromatic rings. The van der Waals surface area contributed by atoms with Gasteiger partial charge in [-0.2, -0.15) is 17.4 Å². The Kier molecular flexibility index (Phi) is 5.55. The van der Waals surface area contributed by atoms with Gasteiger partial charge in [0.15, 0.2) is 0 Å². The van der Waals surface area contributed by atoms with E-state index >= 15 is 0 Å². The third-order valence-corrected chi connectivity index (χ3v) is 4.61. The molecular formula is C11H22N2O4S. The molecule has 0 aromatic carbocycles. The lowest BCUT2D eigenvalue weighted by atomic mass is 9.98. The summed E-state index contributed by atoms with van der Waals surface area (Å²) >= 11 is 0. The van der Waals surface area contributed by atoms with Gasteiger partial charge in [-0.1, -0.05) is 0 Å². The van der Waals surface area contributed by atoms with Crippen LogP contribution in [-0.2, 0) is 19.7 Å². The van der Waals surface area contributed by atoms with Crippen LogP contribution in [0.5, 0.6) is 0 Å². The van der Waals surface area contributed by atoms with Gasteiger partial charge in [-0.15, -0.1) is 0 Å². The number of carbonyl (C=O) groups is 1. The molecule has 7 heteroatoms. The summed E-state index contributed by atoms with van der Waals surface area (Å²) < 4.78 is 32.7. The molecule has 0 aliphatic carbocycles. The lowest BCUT2D eigenvalue weighted by molar-refractivity contribution is -0.149. The number of rotatable bonds is 5. The topological polar surface area (TPSA) is 75.7 Å². The fraction of sp³-hybridized carbons (Fsp3) is 0.909. The zero-order chi connectivity index (χ0) is 13.8. The second-order valence-electron chi connectivity index (χ2n) is 4.70. The molecule has 0 atom stereocenters. The monoisotopic (exact) mass is 278 g/mol. The van der Waals surface area contributed by atoms with Crippen molar-refractivity contribution in [3.05, 3.63) is 0 Å². The minimum absolute atomic E-state index is 0.127. The molecule has 0 aromatic heterocycles. The molecule has 1 aliphatic heterocycles. The Hall–Kier alpha value is -0.660. The number of hydrogen-bond donors (Lipinski definition) is 1. The Morgan fingerprint density at radius 2 is 1.94 bits per heavy atom. The zero-order valence-electron chi connectivity index (χ0n) is 11.2. The van der Waals surface area contributed by atoms with Crippen molar-refractivity contribution in [3.63, 3.8) is 0 Å². The summed E-state index contributed by atoms with van der Waals surface area (Å²) in [5.74, 6) is -0.387. The number of ether oxygens (including phenoxy) is 1. The third kappa shape index (κ3) is 4.22. The maximum absolute atomic E-state index is 11.9. The van der Waals surface area contributed by atoms with Crippen LogP contribution in [0.15, 0.2) is 0 Å². The number of carbonyl (C=O) groups excluding carboxylic acids is 1. The van der Waals surface area contributed by atoms with Crippen LogP contribution in [0.3, 0.4) is 0 Å². The number of nitrogens with zero attached hydrogens (tertiary/aromatic N) is 1. The summed E-state index contributed by atoms with van der Waals surface area (Å²) in [5, 5.41) is 0. The van der Waals surface area contributed by atoms with Crippen molar-refractivity contribution in [1.82, 2.24) is 9.03 Å². The second-order valence-corrected chi connectivity index (χ2v) is 6.41. The number of nitrogens with one attached hydrogen (secondary N) is 1. The molecule has 6 nitrogen and oxygen atoms in total. The van der Waals surface area contributed by atoms with E-state index in [9.17, 15) is 13.2 Å². The molecule has 0 spiro atoms. The Labute approximate surface area is 109 Å². The second kappa shape index (κ2) is 6.49. The summed E-state index contributed by atoms with van der Waals surface area (Å²) in [6.45, 7) is 6.43. The highest BCUT2D eigenvalue weighted by atomic mass is 32.2. The molecule has 1 heterocycles. The molecule has 1 N–H and O–H groups in total. The maximum atomic E-state index is 11.9. The largest absolute Gasteiger partial charge is 0.466 e. The van der Waals surface area contributed by atoms with Gasteiger partial charge in [0.1, 0.15) is 0 Å². The summed E-state index contributed by atoms with van der Waals surface area (Å²) in [5.41, 5.74) is 0. The number of piperidine rings is 1. The van der Waals surface area contributed by atoms with E-state index in [-0.39, 0.29) is 17.9 Å². The predicted molar refractivity (Wildman–Crippen MR) is 68.1 cm³/mol. The van der Waals surface area contributed by atoms with E-state index < -0.39 is 10.2 Å². The van der Waals surface area contributed by atoms with Gasteiger partial charge in [-0.05, 0) is 33.6 Å². The lowest BCUT2D eigenvalue weighted by Gasteiger charge is -2.30. The van der Waals surface area contributed by atoms with Crippen LogP contribution >= 0.6 is 0 Å². The van der Waals surface area contributed by atoms with Crippen molar-refractivity contribution in [1.29, 1.82) is 0 Å². The first kappa shape index (κ1) is 15.4. The van der Waals surface area contributed by atoms with Crippen LogP contribution in [0.4, 0.5) is 0 Å². The maximum Gasteiger partial charge on any atom is 0.309 e. The summed E-state index contributed by atoms with van der Waals surface area (Å²) in [6, 6.07) is -0.127. The van der Waals surface area contributed by atoms with Crippen LogP contribution in [0, 0.1) is 5.92 Å². The summed E-state index contributed by atoms with van der Waals surface area (Å²) in [6.07, 6.45) is 1.05. The van der Waals surface area contributed by atoms with Gasteiger partial charge in [0.05, 0.1) is 12.5 Å². The Balaban J connectivity index is 2.51. The van der Waals surface area contributed by atoms with Crippen molar-refractivity contribution in [2.45, 2.75) is 39.7 Å².